The zero-order valence-corrected chi connectivity index (χ0v) is 16.6. The lowest BCUT2D eigenvalue weighted by atomic mass is 10.1. The molecule has 2 aliphatic heterocycles. The number of rotatable bonds is 6. The number of fused-ring (bicyclic) bond motifs is 1. The third-order valence-electron chi connectivity index (χ3n) is 4.96. The first-order chi connectivity index (χ1) is 14.8. The normalized spacial score (nSPS) is 25.2. The van der Waals surface area contributed by atoms with Crippen molar-refractivity contribution in [2.75, 3.05) is 18.5 Å². The first kappa shape index (κ1) is 19.1. The molecule has 2 aliphatic rings. The zero-order chi connectivity index (χ0) is 20.3. The summed E-state index contributed by atoms with van der Waals surface area (Å²) in [5.41, 5.74) is 0.662. The van der Waals surface area contributed by atoms with Crippen molar-refractivity contribution in [2.45, 2.75) is 35.3 Å². The number of carbonyl (C=O) groups excluding carboxylic acids is 1. The number of nitrogens with one attached hydrogen (secondary N) is 1. The fourth-order valence-corrected chi connectivity index (χ4v) is 4.41. The van der Waals surface area contributed by atoms with Gasteiger partial charge in [0.2, 0.25) is 5.16 Å². The minimum atomic E-state index is -0.542. The van der Waals surface area contributed by atoms with Crippen molar-refractivity contribution in [3.05, 3.63) is 54.5 Å². The third-order valence-corrected chi connectivity index (χ3v) is 5.92. The van der Waals surface area contributed by atoms with Gasteiger partial charge in [-0.25, -0.2) is 9.48 Å². The topological polar surface area (TPSA) is 114 Å². The summed E-state index contributed by atoms with van der Waals surface area (Å²) in [4.78, 5) is 12.2. The molecule has 156 valence electrons. The van der Waals surface area contributed by atoms with Crippen LogP contribution >= 0.6 is 11.8 Å². The quantitative estimate of drug-likeness (QED) is 0.590. The number of hydrogen-bond donors (Lipinski definition) is 1. The number of hydrogen-bond acceptors (Lipinski definition) is 9. The summed E-state index contributed by atoms with van der Waals surface area (Å²) in [5, 5.41) is 15.4. The van der Waals surface area contributed by atoms with Gasteiger partial charge in [-0.15, -0.1) is 5.10 Å². The van der Waals surface area contributed by atoms with Gasteiger partial charge in [-0.3, -0.25) is 5.32 Å². The molecule has 2 saturated heterocycles. The number of aromatic nitrogens is 4. The molecule has 0 unspecified atom stereocenters. The predicted molar refractivity (Wildman–Crippen MR) is 105 cm³/mol. The lowest BCUT2D eigenvalue weighted by Crippen LogP contribution is -2.35. The van der Waals surface area contributed by atoms with Gasteiger partial charge < -0.3 is 18.6 Å². The lowest BCUT2D eigenvalue weighted by molar-refractivity contribution is 0.00751. The molecule has 4 heterocycles. The second-order valence-electron chi connectivity index (χ2n) is 6.87. The van der Waals surface area contributed by atoms with Gasteiger partial charge in [-0.05, 0) is 34.7 Å². The Kier molecular flexibility index (Phi) is 5.39. The SMILES string of the molecule is O=C(Nc1ccccc1)O[C@H]1CO[C@@H]2[C@@H]1OC[C@@H]2n1nnnc1SCc1ccco1. The van der Waals surface area contributed by atoms with Crippen molar-refractivity contribution < 1.29 is 23.4 Å². The maximum absolute atomic E-state index is 12.2. The highest BCUT2D eigenvalue weighted by molar-refractivity contribution is 7.98. The van der Waals surface area contributed by atoms with Crippen LogP contribution in [0.15, 0.2) is 58.3 Å². The first-order valence-corrected chi connectivity index (χ1v) is 10.5. The van der Waals surface area contributed by atoms with E-state index in [0.717, 1.165) is 5.76 Å². The zero-order valence-electron chi connectivity index (χ0n) is 15.8. The largest absolute Gasteiger partial charge is 0.468 e. The number of tetrazole rings is 1. The number of ether oxygens (including phenoxy) is 3. The number of anilines is 1. The summed E-state index contributed by atoms with van der Waals surface area (Å²) in [6.45, 7) is 0.625. The van der Waals surface area contributed by atoms with Crippen molar-refractivity contribution in [1.82, 2.24) is 20.2 Å². The molecule has 0 spiro atoms. The van der Waals surface area contributed by atoms with Gasteiger partial charge in [0, 0.05) is 5.69 Å². The first-order valence-electron chi connectivity index (χ1n) is 9.47. The Balaban J connectivity index is 1.21. The average molecular weight is 429 g/mol. The molecule has 1 N–H and O–H groups in total. The molecule has 11 heteroatoms. The van der Waals surface area contributed by atoms with Gasteiger partial charge in [-0.2, -0.15) is 0 Å². The summed E-state index contributed by atoms with van der Waals surface area (Å²) < 4.78 is 24.4. The number of para-hydroxylation sites is 1. The highest BCUT2D eigenvalue weighted by Gasteiger charge is 2.51. The van der Waals surface area contributed by atoms with Crippen LogP contribution in [-0.4, -0.2) is 57.8 Å². The predicted octanol–water partition coefficient (Wildman–Crippen LogP) is 2.51. The van der Waals surface area contributed by atoms with E-state index in [4.69, 9.17) is 18.6 Å². The number of amides is 1. The highest BCUT2D eigenvalue weighted by Crippen LogP contribution is 2.37. The smallest absolute Gasteiger partial charge is 0.412 e. The molecule has 4 atom stereocenters. The van der Waals surface area contributed by atoms with E-state index in [0.29, 0.717) is 23.2 Å². The molecule has 1 aromatic carbocycles. The van der Waals surface area contributed by atoms with Crippen molar-refractivity contribution in [2.24, 2.45) is 0 Å². The van der Waals surface area contributed by atoms with Crippen LogP contribution in [0.25, 0.3) is 0 Å². The molecule has 0 bridgehead atoms. The van der Waals surface area contributed by atoms with E-state index >= 15 is 0 Å². The highest BCUT2D eigenvalue weighted by atomic mass is 32.2. The molecule has 2 aromatic heterocycles. The maximum atomic E-state index is 12.2. The van der Waals surface area contributed by atoms with E-state index in [1.165, 1.54) is 11.8 Å². The van der Waals surface area contributed by atoms with Crippen molar-refractivity contribution in [3.63, 3.8) is 0 Å². The minimum absolute atomic E-state index is 0.199. The summed E-state index contributed by atoms with van der Waals surface area (Å²) in [6.07, 6.45) is -0.0805. The van der Waals surface area contributed by atoms with Crippen LogP contribution in [-0.2, 0) is 20.0 Å². The number of thioether (sulfide) groups is 1. The molecule has 0 saturated carbocycles. The van der Waals surface area contributed by atoms with Crippen LogP contribution in [0.4, 0.5) is 10.5 Å². The molecule has 0 radical (unpaired) electrons. The summed E-state index contributed by atoms with van der Waals surface area (Å²) in [5.74, 6) is 1.45. The Morgan fingerprint density at radius 3 is 2.87 bits per heavy atom. The number of nitrogens with zero attached hydrogens (tertiary/aromatic N) is 4. The molecule has 1 amide bonds. The van der Waals surface area contributed by atoms with Crippen LogP contribution < -0.4 is 5.32 Å². The van der Waals surface area contributed by atoms with Crippen LogP contribution in [0.3, 0.4) is 0 Å². The molecule has 5 rings (SSSR count). The molecule has 3 aromatic rings. The van der Waals surface area contributed by atoms with Crippen LogP contribution in [0.5, 0.6) is 0 Å². The van der Waals surface area contributed by atoms with Gasteiger partial charge in [-0.1, -0.05) is 30.0 Å². The molecule has 0 aliphatic carbocycles. The molecule has 10 nitrogen and oxygen atoms in total. The second kappa shape index (κ2) is 8.46. The monoisotopic (exact) mass is 429 g/mol. The molecular formula is C19H19N5O5S. The lowest BCUT2D eigenvalue weighted by Gasteiger charge is -2.17. The van der Waals surface area contributed by atoms with Gasteiger partial charge in [0.1, 0.15) is 24.0 Å². The minimum Gasteiger partial charge on any atom is -0.468 e. The fraction of sp³-hybridized carbons (Fsp3) is 0.368. The standard InChI is InChI=1S/C19H19N5O5S/c25-19(20-12-5-2-1-3-6-12)29-15-10-28-16-14(9-27-17(15)16)24-18(21-22-23-24)30-11-13-7-4-8-26-13/h1-8,14-17H,9-11H2,(H,20,25)/t14-,15-,16-,17+/m0/s1. The Hall–Kier alpha value is -2.89. The van der Waals surface area contributed by atoms with Gasteiger partial charge in [0.15, 0.2) is 6.10 Å². The van der Waals surface area contributed by atoms with Crippen LogP contribution in [0, 0.1) is 0 Å². The van der Waals surface area contributed by atoms with E-state index in [-0.39, 0.29) is 24.9 Å². The second-order valence-corrected chi connectivity index (χ2v) is 7.81. The van der Waals surface area contributed by atoms with Crippen molar-refractivity contribution >= 4 is 23.5 Å². The number of benzene rings is 1. The Bertz CT molecular complexity index is 982. The summed E-state index contributed by atoms with van der Waals surface area (Å²) >= 11 is 1.47. The number of carbonyl (C=O) groups is 1. The average Bonchev–Trinajstić information content (AvgIpc) is 3.53. The van der Waals surface area contributed by atoms with Crippen molar-refractivity contribution in [3.8, 4) is 0 Å². The van der Waals surface area contributed by atoms with Crippen molar-refractivity contribution in [1.29, 1.82) is 0 Å². The van der Waals surface area contributed by atoms with Crippen LogP contribution in [0.1, 0.15) is 11.8 Å². The summed E-state index contributed by atoms with van der Waals surface area (Å²) in [6, 6.07) is 12.7. The fourth-order valence-electron chi connectivity index (χ4n) is 3.58. The van der Waals surface area contributed by atoms with Gasteiger partial charge in [0.05, 0.1) is 25.2 Å². The summed E-state index contributed by atoms with van der Waals surface area (Å²) in [7, 11) is 0. The Morgan fingerprint density at radius 1 is 1.17 bits per heavy atom. The van der Waals surface area contributed by atoms with Crippen LogP contribution in [0.2, 0.25) is 0 Å². The number of furan rings is 1. The van der Waals surface area contributed by atoms with Gasteiger partial charge >= 0.3 is 6.09 Å². The van der Waals surface area contributed by atoms with E-state index in [1.807, 2.05) is 30.3 Å². The molecule has 30 heavy (non-hydrogen) atoms. The Labute approximate surface area is 175 Å². The van der Waals surface area contributed by atoms with E-state index in [2.05, 4.69) is 20.8 Å². The van der Waals surface area contributed by atoms with E-state index in [1.54, 1.807) is 23.1 Å². The third kappa shape index (κ3) is 3.91. The Morgan fingerprint density at radius 2 is 2.03 bits per heavy atom. The van der Waals surface area contributed by atoms with E-state index in [9.17, 15) is 4.79 Å². The molecular weight excluding hydrogens is 410 g/mol. The maximum Gasteiger partial charge on any atom is 0.412 e. The molecule has 2 fully saturated rings. The van der Waals surface area contributed by atoms with Gasteiger partial charge in [0.25, 0.3) is 0 Å². The van der Waals surface area contributed by atoms with E-state index < -0.39 is 12.2 Å².